The summed E-state index contributed by atoms with van der Waals surface area (Å²) in [6.07, 6.45) is 5.17. The van der Waals surface area contributed by atoms with Gasteiger partial charge in [-0.25, -0.2) is 9.97 Å². The van der Waals surface area contributed by atoms with Crippen LogP contribution in [0.5, 0.6) is 5.75 Å². The monoisotopic (exact) mass is 376 g/mol. The van der Waals surface area contributed by atoms with Crippen molar-refractivity contribution in [2.75, 3.05) is 23.6 Å². The van der Waals surface area contributed by atoms with E-state index in [-0.39, 0.29) is 0 Å². The molecule has 7 nitrogen and oxygen atoms in total. The van der Waals surface area contributed by atoms with Crippen molar-refractivity contribution in [3.8, 4) is 16.9 Å². The summed E-state index contributed by atoms with van der Waals surface area (Å²) in [4.78, 5) is 10.1. The van der Waals surface area contributed by atoms with Crippen LogP contribution in [0.4, 0.5) is 17.2 Å². The molecular formula is C19H16N6OS. The number of aromatic amines is 1. The van der Waals surface area contributed by atoms with Crippen molar-refractivity contribution in [1.29, 1.82) is 0 Å². The first kappa shape index (κ1) is 16.0. The summed E-state index contributed by atoms with van der Waals surface area (Å²) in [5.41, 5.74) is 4.86. The molecule has 0 saturated heterocycles. The smallest absolute Gasteiger partial charge is 0.141 e. The lowest BCUT2D eigenvalue weighted by atomic mass is 10.1. The van der Waals surface area contributed by atoms with Gasteiger partial charge in [0.15, 0.2) is 0 Å². The van der Waals surface area contributed by atoms with E-state index in [1.54, 1.807) is 31.4 Å². The third kappa shape index (κ3) is 2.83. The van der Waals surface area contributed by atoms with Gasteiger partial charge in [-0.1, -0.05) is 0 Å². The number of hydrogen-bond acceptors (Lipinski definition) is 7. The van der Waals surface area contributed by atoms with Gasteiger partial charge in [-0.2, -0.15) is 5.10 Å². The molecule has 0 unspecified atom stereocenters. The highest BCUT2D eigenvalue weighted by atomic mass is 32.2. The molecule has 3 N–H and O–H groups in total. The molecule has 0 atom stereocenters. The van der Waals surface area contributed by atoms with Gasteiger partial charge in [0.25, 0.3) is 0 Å². The van der Waals surface area contributed by atoms with Gasteiger partial charge in [0, 0.05) is 45.0 Å². The van der Waals surface area contributed by atoms with Crippen LogP contribution in [-0.4, -0.2) is 33.2 Å². The van der Waals surface area contributed by atoms with Gasteiger partial charge in [0.1, 0.15) is 17.9 Å². The molecule has 4 aromatic rings. The second-order valence-electron chi connectivity index (χ2n) is 6.08. The number of H-pyrrole nitrogens is 1. The number of fused-ring (bicyclic) bond motifs is 2. The molecule has 3 heterocycles. The summed E-state index contributed by atoms with van der Waals surface area (Å²) < 4.78 is 5.55. The van der Waals surface area contributed by atoms with Crippen LogP contribution in [0, 0.1) is 0 Å². The van der Waals surface area contributed by atoms with Crippen LogP contribution in [0.25, 0.3) is 22.0 Å². The molecule has 0 amide bonds. The summed E-state index contributed by atoms with van der Waals surface area (Å²) >= 11 is 1.79. The van der Waals surface area contributed by atoms with Crippen LogP contribution in [0.2, 0.25) is 0 Å². The summed E-state index contributed by atoms with van der Waals surface area (Å²) in [6, 6.07) is 10.2. The third-order valence-electron chi connectivity index (χ3n) is 4.50. The number of nitrogens with one attached hydrogen (secondary N) is 3. The average Bonchev–Trinajstić information content (AvgIpc) is 3.38. The summed E-state index contributed by atoms with van der Waals surface area (Å²) in [6.45, 7) is 0. The number of thioether (sulfide) groups is 1. The Morgan fingerprint density at radius 1 is 1.19 bits per heavy atom. The Labute approximate surface area is 159 Å². The molecule has 2 aromatic heterocycles. The quantitative estimate of drug-likeness (QED) is 0.491. The number of rotatable bonds is 4. The van der Waals surface area contributed by atoms with Gasteiger partial charge in [-0.3, -0.25) is 5.10 Å². The molecule has 134 valence electrons. The van der Waals surface area contributed by atoms with Gasteiger partial charge < -0.3 is 15.4 Å². The van der Waals surface area contributed by atoms with Crippen LogP contribution in [-0.2, 0) is 0 Å². The highest BCUT2D eigenvalue weighted by molar-refractivity contribution is 7.99. The Morgan fingerprint density at radius 2 is 2.15 bits per heavy atom. The van der Waals surface area contributed by atoms with Crippen molar-refractivity contribution in [2.45, 2.75) is 4.90 Å². The lowest BCUT2D eigenvalue weighted by Gasteiger charge is -2.12. The van der Waals surface area contributed by atoms with E-state index in [1.165, 1.54) is 10.6 Å². The molecule has 2 aromatic carbocycles. The van der Waals surface area contributed by atoms with Crippen LogP contribution >= 0.6 is 11.8 Å². The van der Waals surface area contributed by atoms with Crippen molar-refractivity contribution in [2.24, 2.45) is 0 Å². The first-order valence-electron chi connectivity index (χ1n) is 8.41. The van der Waals surface area contributed by atoms with Gasteiger partial charge in [0.05, 0.1) is 24.7 Å². The van der Waals surface area contributed by atoms with E-state index in [4.69, 9.17) is 4.74 Å². The molecule has 8 heteroatoms. The molecule has 27 heavy (non-hydrogen) atoms. The second kappa shape index (κ2) is 6.48. The lowest BCUT2D eigenvalue weighted by molar-refractivity contribution is 0.417. The number of hydrogen-bond donors (Lipinski definition) is 3. The minimum atomic E-state index is 0.744. The van der Waals surface area contributed by atoms with Crippen molar-refractivity contribution >= 4 is 39.9 Å². The molecular weight excluding hydrogens is 360 g/mol. The van der Waals surface area contributed by atoms with Crippen molar-refractivity contribution in [3.63, 3.8) is 0 Å². The van der Waals surface area contributed by atoms with Gasteiger partial charge in [-0.05, 0) is 24.3 Å². The standard InChI is InChI=1S/C19H16N6OS/c1-26-17-6-16-14(5-13(17)11-7-23-24-8-11)19(21-9-20-16)25-12-2-3-15-18(4-12)27-10-22-15/h2-9,22H,10H2,1H3,(H,23,24)(H,20,21,25). The molecule has 1 aliphatic heterocycles. The average molecular weight is 376 g/mol. The Hall–Kier alpha value is -3.26. The predicted octanol–water partition coefficient (Wildman–Crippen LogP) is 4.25. The van der Waals surface area contributed by atoms with Gasteiger partial charge in [-0.15, -0.1) is 11.8 Å². The molecule has 1 aliphatic rings. The molecule has 0 spiro atoms. The minimum absolute atomic E-state index is 0.744. The number of aromatic nitrogens is 4. The molecule has 0 bridgehead atoms. The Kier molecular flexibility index (Phi) is 3.83. The first-order valence-corrected chi connectivity index (χ1v) is 9.40. The maximum absolute atomic E-state index is 5.55. The fourth-order valence-corrected chi connectivity index (χ4v) is 4.06. The summed E-state index contributed by atoms with van der Waals surface area (Å²) in [5, 5.41) is 14.6. The van der Waals surface area contributed by atoms with Gasteiger partial charge in [0.2, 0.25) is 0 Å². The number of ether oxygens (including phenoxy) is 1. The summed E-state index contributed by atoms with van der Waals surface area (Å²) in [5.74, 6) is 2.40. The fraction of sp³-hybridized carbons (Fsp3) is 0.105. The lowest BCUT2D eigenvalue weighted by Crippen LogP contribution is -1.98. The molecule has 0 fully saturated rings. The zero-order valence-corrected chi connectivity index (χ0v) is 15.3. The van der Waals surface area contributed by atoms with Crippen LogP contribution in [0.3, 0.4) is 0 Å². The molecule has 5 rings (SSSR count). The maximum atomic E-state index is 5.55. The van der Waals surface area contributed by atoms with Crippen LogP contribution in [0.1, 0.15) is 0 Å². The number of methoxy groups -OCH3 is 1. The largest absolute Gasteiger partial charge is 0.496 e. The predicted molar refractivity (Wildman–Crippen MR) is 108 cm³/mol. The molecule has 0 aliphatic carbocycles. The van der Waals surface area contributed by atoms with Crippen LogP contribution in [0.15, 0.2) is 53.9 Å². The topological polar surface area (TPSA) is 87.8 Å². The van der Waals surface area contributed by atoms with Crippen molar-refractivity contribution in [3.05, 3.63) is 49.1 Å². The zero-order valence-electron chi connectivity index (χ0n) is 14.5. The Bertz CT molecular complexity index is 1130. The number of anilines is 3. The Morgan fingerprint density at radius 3 is 3.00 bits per heavy atom. The van der Waals surface area contributed by atoms with E-state index < -0.39 is 0 Å². The highest BCUT2D eigenvalue weighted by Gasteiger charge is 2.14. The number of nitrogens with zero attached hydrogens (tertiary/aromatic N) is 3. The van der Waals surface area contributed by atoms with Crippen molar-refractivity contribution < 1.29 is 4.74 Å². The highest BCUT2D eigenvalue weighted by Crippen LogP contribution is 2.38. The first-order chi connectivity index (χ1) is 13.3. The molecule has 0 radical (unpaired) electrons. The SMILES string of the molecule is COc1cc2ncnc(Nc3ccc4c(c3)SCN4)c2cc1-c1cn[nH]c1. The number of benzene rings is 2. The normalized spacial score (nSPS) is 12.6. The minimum Gasteiger partial charge on any atom is -0.496 e. The van der Waals surface area contributed by atoms with Crippen LogP contribution < -0.4 is 15.4 Å². The van der Waals surface area contributed by atoms with E-state index in [0.717, 1.165) is 45.2 Å². The van der Waals surface area contributed by atoms with E-state index >= 15 is 0 Å². The van der Waals surface area contributed by atoms with E-state index in [0.29, 0.717) is 0 Å². The second-order valence-corrected chi connectivity index (χ2v) is 7.10. The fourth-order valence-electron chi connectivity index (χ4n) is 3.17. The van der Waals surface area contributed by atoms with E-state index in [9.17, 15) is 0 Å². The summed E-state index contributed by atoms with van der Waals surface area (Å²) in [7, 11) is 1.65. The Balaban J connectivity index is 1.61. The van der Waals surface area contributed by atoms with E-state index in [2.05, 4.69) is 42.9 Å². The third-order valence-corrected chi connectivity index (χ3v) is 5.44. The van der Waals surface area contributed by atoms with Crippen molar-refractivity contribution in [1.82, 2.24) is 20.2 Å². The van der Waals surface area contributed by atoms with Gasteiger partial charge >= 0.3 is 0 Å². The molecule has 0 saturated carbocycles. The zero-order chi connectivity index (χ0) is 18.2. The maximum Gasteiger partial charge on any atom is 0.141 e. The van der Waals surface area contributed by atoms with E-state index in [1.807, 2.05) is 24.4 Å².